The van der Waals surface area contributed by atoms with Crippen LogP contribution in [-0.4, -0.2) is 11.8 Å². The summed E-state index contributed by atoms with van der Waals surface area (Å²) in [5, 5.41) is 5.73. The third-order valence-electron chi connectivity index (χ3n) is 3.41. The van der Waals surface area contributed by atoms with Crippen LogP contribution in [0.4, 0.5) is 11.4 Å². The molecule has 4 heteroatoms. The van der Waals surface area contributed by atoms with Crippen LogP contribution in [0.1, 0.15) is 33.1 Å². The van der Waals surface area contributed by atoms with Gasteiger partial charge in [-0.1, -0.05) is 19.9 Å². The van der Waals surface area contributed by atoms with Crippen molar-refractivity contribution in [3.05, 3.63) is 24.3 Å². The van der Waals surface area contributed by atoms with Crippen LogP contribution in [-0.2, 0) is 9.59 Å². The summed E-state index contributed by atoms with van der Waals surface area (Å²) < 4.78 is 0. The van der Waals surface area contributed by atoms with E-state index >= 15 is 0 Å². The molecule has 1 saturated carbocycles. The van der Waals surface area contributed by atoms with E-state index in [4.69, 9.17) is 0 Å². The summed E-state index contributed by atoms with van der Waals surface area (Å²) in [5.74, 6) is 0.252. The van der Waals surface area contributed by atoms with Gasteiger partial charge in [0.05, 0.1) is 0 Å². The summed E-state index contributed by atoms with van der Waals surface area (Å²) in [4.78, 5) is 23.5. The van der Waals surface area contributed by atoms with Crippen molar-refractivity contribution in [2.24, 2.45) is 11.8 Å². The highest BCUT2D eigenvalue weighted by molar-refractivity contribution is 5.96. The van der Waals surface area contributed by atoms with Gasteiger partial charge in [-0.2, -0.15) is 0 Å². The van der Waals surface area contributed by atoms with E-state index in [9.17, 15) is 9.59 Å². The molecule has 4 nitrogen and oxygen atoms in total. The molecule has 1 fully saturated rings. The highest BCUT2D eigenvalue weighted by Gasteiger charge is 2.29. The van der Waals surface area contributed by atoms with Crippen LogP contribution in [0.15, 0.2) is 24.3 Å². The molecule has 19 heavy (non-hydrogen) atoms. The minimum absolute atomic E-state index is 0.00756. The van der Waals surface area contributed by atoms with Gasteiger partial charge >= 0.3 is 0 Å². The van der Waals surface area contributed by atoms with E-state index in [2.05, 4.69) is 10.6 Å². The number of hydrogen-bond donors (Lipinski definition) is 2. The zero-order valence-electron chi connectivity index (χ0n) is 11.4. The molecule has 0 radical (unpaired) electrons. The molecule has 2 rings (SSSR count). The summed E-state index contributed by atoms with van der Waals surface area (Å²) >= 11 is 0. The van der Waals surface area contributed by atoms with Crippen molar-refractivity contribution in [2.75, 3.05) is 10.6 Å². The largest absolute Gasteiger partial charge is 0.326 e. The van der Waals surface area contributed by atoms with Crippen LogP contribution in [0, 0.1) is 11.8 Å². The second-order valence-electron chi connectivity index (χ2n) is 5.14. The van der Waals surface area contributed by atoms with Crippen molar-refractivity contribution >= 4 is 23.2 Å². The molecule has 0 heterocycles. The molecular weight excluding hydrogens is 240 g/mol. The standard InChI is InChI=1S/C15H20N2O2/c1-3-10(2)14(18)16-12-5-4-6-13(9-12)17-15(19)11-7-8-11/h4-6,9-11H,3,7-8H2,1-2H3,(H,16,18)(H,17,19). The molecule has 1 aliphatic rings. The van der Waals surface area contributed by atoms with E-state index in [1.165, 1.54) is 0 Å². The van der Waals surface area contributed by atoms with E-state index in [0.717, 1.165) is 30.6 Å². The molecule has 0 saturated heterocycles. The minimum Gasteiger partial charge on any atom is -0.326 e. The van der Waals surface area contributed by atoms with Gasteiger partial charge in [0, 0.05) is 23.2 Å². The van der Waals surface area contributed by atoms with Gasteiger partial charge < -0.3 is 10.6 Å². The molecule has 2 N–H and O–H groups in total. The number of anilines is 2. The van der Waals surface area contributed by atoms with Gasteiger partial charge in [0.25, 0.3) is 0 Å². The zero-order valence-corrected chi connectivity index (χ0v) is 11.4. The Morgan fingerprint density at radius 3 is 2.47 bits per heavy atom. The fourth-order valence-corrected chi connectivity index (χ4v) is 1.72. The Morgan fingerprint density at radius 1 is 1.26 bits per heavy atom. The molecule has 102 valence electrons. The maximum Gasteiger partial charge on any atom is 0.227 e. The first-order valence-electron chi connectivity index (χ1n) is 6.82. The Hall–Kier alpha value is -1.84. The van der Waals surface area contributed by atoms with E-state index < -0.39 is 0 Å². The molecule has 1 unspecified atom stereocenters. The molecular formula is C15H20N2O2. The molecule has 1 atom stereocenters. The molecule has 0 aromatic heterocycles. The summed E-state index contributed by atoms with van der Waals surface area (Å²) in [6.45, 7) is 3.88. The Kier molecular flexibility index (Phi) is 4.20. The van der Waals surface area contributed by atoms with Crippen molar-refractivity contribution in [3.63, 3.8) is 0 Å². The lowest BCUT2D eigenvalue weighted by atomic mass is 10.1. The third-order valence-corrected chi connectivity index (χ3v) is 3.41. The van der Waals surface area contributed by atoms with Crippen molar-refractivity contribution in [2.45, 2.75) is 33.1 Å². The van der Waals surface area contributed by atoms with Gasteiger partial charge in [-0.25, -0.2) is 0 Å². The number of rotatable bonds is 5. The molecule has 0 spiro atoms. The Morgan fingerprint density at radius 2 is 1.89 bits per heavy atom. The number of hydrogen-bond acceptors (Lipinski definition) is 2. The smallest absolute Gasteiger partial charge is 0.227 e. The maximum atomic E-state index is 11.8. The first kappa shape index (κ1) is 13.6. The van der Waals surface area contributed by atoms with Crippen molar-refractivity contribution in [3.8, 4) is 0 Å². The normalized spacial score (nSPS) is 15.7. The highest BCUT2D eigenvalue weighted by atomic mass is 16.2. The SMILES string of the molecule is CCC(C)C(=O)Nc1cccc(NC(=O)C2CC2)c1. The average Bonchev–Trinajstić information content (AvgIpc) is 3.22. The lowest BCUT2D eigenvalue weighted by molar-refractivity contribution is -0.119. The molecule has 1 aromatic carbocycles. The van der Waals surface area contributed by atoms with Gasteiger partial charge in [-0.15, -0.1) is 0 Å². The van der Waals surface area contributed by atoms with Gasteiger partial charge in [-0.3, -0.25) is 9.59 Å². The van der Waals surface area contributed by atoms with E-state index in [-0.39, 0.29) is 23.7 Å². The lowest BCUT2D eigenvalue weighted by Gasteiger charge is -2.11. The first-order valence-corrected chi connectivity index (χ1v) is 6.82. The van der Waals surface area contributed by atoms with Gasteiger partial charge in [0.1, 0.15) is 0 Å². The number of carbonyl (C=O) groups excluding carboxylic acids is 2. The van der Waals surface area contributed by atoms with Crippen molar-refractivity contribution in [1.29, 1.82) is 0 Å². The topological polar surface area (TPSA) is 58.2 Å². The minimum atomic E-state index is -0.00953. The maximum absolute atomic E-state index is 11.8. The van der Waals surface area contributed by atoms with Crippen LogP contribution in [0.5, 0.6) is 0 Å². The monoisotopic (exact) mass is 260 g/mol. The summed E-state index contributed by atoms with van der Waals surface area (Å²) in [7, 11) is 0. The molecule has 1 aliphatic carbocycles. The predicted molar refractivity (Wildman–Crippen MR) is 75.9 cm³/mol. The summed E-state index contributed by atoms with van der Waals surface area (Å²) in [6.07, 6.45) is 2.77. The van der Waals surface area contributed by atoms with Crippen LogP contribution >= 0.6 is 0 Å². The zero-order chi connectivity index (χ0) is 13.8. The van der Waals surface area contributed by atoms with Crippen LogP contribution < -0.4 is 10.6 Å². The number of amides is 2. The quantitative estimate of drug-likeness (QED) is 0.855. The first-order chi connectivity index (χ1) is 9.10. The number of benzene rings is 1. The average molecular weight is 260 g/mol. The molecule has 2 amide bonds. The van der Waals surface area contributed by atoms with E-state index in [0.29, 0.717) is 0 Å². The molecule has 1 aromatic rings. The highest BCUT2D eigenvalue weighted by Crippen LogP contribution is 2.30. The van der Waals surface area contributed by atoms with Crippen molar-refractivity contribution in [1.82, 2.24) is 0 Å². The fraction of sp³-hybridized carbons (Fsp3) is 0.467. The summed E-state index contributed by atoms with van der Waals surface area (Å²) in [6, 6.07) is 7.28. The summed E-state index contributed by atoms with van der Waals surface area (Å²) in [5.41, 5.74) is 1.46. The third kappa shape index (κ3) is 3.81. The number of carbonyl (C=O) groups is 2. The predicted octanol–water partition coefficient (Wildman–Crippen LogP) is 3.02. The van der Waals surface area contributed by atoms with Crippen LogP contribution in [0.2, 0.25) is 0 Å². The van der Waals surface area contributed by atoms with Gasteiger partial charge in [0.15, 0.2) is 0 Å². The second kappa shape index (κ2) is 5.87. The van der Waals surface area contributed by atoms with E-state index in [1.54, 1.807) is 6.07 Å². The molecule has 0 aliphatic heterocycles. The van der Waals surface area contributed by atoms with Crippen molar-refractivity contribution < 1.29 is 9.59 Å². The van der Waals surface area contributed by atoms with Gasteiger partial charge in [-0.05, 0) is 37.5 Å². The lowest BCUT2D eigenvalue weighted by Crippen LogP contribution is -2.20. The second-order valence-corrected chi connectivity index (χ2v) is 5.14. The van der Waals surface area contributed by atoms with Crippen LogP contribution in [0.25, 0.3) is 0 Å². The Bertz CT molecular complexity index is 481. The van der Waals surface area contributed by atoms with Gasteiger partial charge in [0.2, 0.25) is 11.8 Å². The fourth-order valence-electron chi connectivity index (χ4n) is 1.72. The molecule has 0 bridgehead atoms. The van der Waals surface area contributed by atoms with E-state index in [1.807, 2.05) is 32.0 Å². The number of nitrogens with one attached hydrogen (secondary N) is 2. The Balaban J connectivity index is 1.98. The Labute approximate surface area is 113 Å². The van der Waals surface area contributed by atoms with Crippen LogP contribution in [0.3, 0.4) is 0 Å².